The van der Waals surface area contributed by atoms with Crippen molar-refractivity contribution in [3.05, 3.63) is 42.7 Å². The number of nitrogens with zero attached hydrogens (tertiary/aromatic N) is 5. The van der Waals surface area contributed by atoms with Crippen molar-refractivity contribution < 1.29 is 139 Å². The van der Waals surface area contributed by atoms with Crippen molar-refractivity contribution >= 4 is 46.4 Å². The van der Waals surface area contributed by atoms with Crippen LogP contribution in [0.3, 0.4) is 0 Å². The summed E-state index contributed by atoms with van der Waals surface area (Å²) in [5.74, 6) is -0.782. The van der Waals surface area contributed by atoms with Gasteiger partial charge >= 0.3 is 59.1 Å². The van der Waals surface area contributed by atoms with Gasteiger partial charge in [-0.05, 0) is 6.07 Å². The number of anilines is 1. The molecule has 0 spiro atoms. The summed E-state index contributed by atoms with van der Waals surface area (Å²) in [4.78, 5) is 60.3. The maximum atomic E-state index is 12.5. The van der Waals surface area contributed by atoms with Gasteiger partial charge in [0.05, 0.1) is 19.5 Å². The Bertz CT molecular complexity index is 1840. The molecule has 3 aliphatic rings. The van der Waals surface area contributed by atoms with E-state index in [9.17, 15) is 43.4 Å². The first-order valence-corrected chi connectivity index (χ1v) is 17.6. The summed E-state index contributed by atoms with van der Waals surface area (Å²) in [5, 5.41) is 20.7. The van der Waals surface area contributed by atoms with Gasteiger partial charge in [0.1, 0.15) is 47.9 Å². The third-order valence-electron chi connectivity index (χ3n) is 7.18. The van der Waals surface area contributed by atoms with Crippen LogP contribution in [-0.2, 0) is 45.6 Å². The van der Waals surface area contributed by atoms with Crippen molar-refractivity contribution in [3.8, 4) is 0 Å². The molecule has 0 radical (unpaired) electrons. The second-order valence-electron chi connectivity index (χ2n) is 10.3. The number of hydrogen-bond acceptors (Lipinski definition) is 20. The molecule has 6 heterocycles. The van der Waals surface area contributed by atoms with E-state index in [0.717, 1.165) is 6.33 Å². The molecule has 256 valence electrons. The van der Waals surface area contributed by atoms with Crippen LogP contribution in [0, 0.1) is 0 Å². The predicted octanol–water partition coefficient (Wildman–Crippen LogP) is -9.74. The van der Waals surface area contributed by atoms with Gasteiger partial charge in [0.2, 0.25) is 0 Å². The van der Waals surface area contributed by atoms with Gasteiger partial charge in [0.25, 0.3) is 35.6 Å². The van der Waals surface area contributed by atoms with Gasteiger partial charge in [0.15, 0.2) is 36.2 Å². The molecule has 0 bridgehead atoms. The predicted molar refractivity (Wildman–Crippen MR) is 140 cm³/mol. The number of primary amides is 1. The van der Waals surface area contributed by atoms with Crippen molar-refractivity contribution in [2.24, 2.45) is 5.73 Å². The second kappa shape index (κ2) is 15.7. The van der Waals surface area contributed by atoms with Gasteiger partial charge in [-0.2, -0.15) is 4.57 Å². The number of fused-ring (bicyclic) bond motifs is 2. The number of aliphatic hydroxyl groups excluding tert-OH is 2. The monoisotopic (exact) mass is 769 g/mol. The fourth-order valence-corrected chi connectivity index (χ4v) is 8.24. The van der Waals surface area contributed by atoms with Crippen LogP contribution in [0.25, 0.3) is 11.2 Å². The quantitative estimate of drug-likeness (QED) is 0.0799. The number of nitrogen functional groups attached to an aromatic ring is 1. The van der Waals surface area contributed by atoms with E-state index >= 15 is 0 Å². The topological polar surface area (TPSA) is 342 Å². The number of aliphatic hydroxyl groups is 2. The number of amides is 1. The molecule has 0 saturated carbocycles. The van der Waals surface area contributed by atoms with Crippen molar-refractivity contribution in [1.29, 1.82) is 0 Å². The molecule has 11 atom stereocenters. The standard InChI is InChI=1S/C21H26N7O16P3.2Na/c22-17-12-19(25-7-24-17)28(8-26-12)21-16-15(42-47(36,37)43-16)11(41-21)6-39-46(34,35)44-45(32,33)38-5-10-13(29)14(30)20(40-10)27-3-1-2-9(4-27)18(23)31;;/h1-4,7-8,10-11,13-16,20-21,29-30H,5-6H2,(H6-,22,23,24,25,31,32,33,34,35,36,37);;/q;2*+1/p-2/t10-,11-,13-,14-,15-,16-,20-,21-;;/m1../s1. The molecule has 3 aromatic rings. The average molecular weight is 769 g/mol. The Balaban J connectivity index is 0.00000270. The summed E-state index contributed by atoms with van der Waals surface area (Å²) in [6.07, 6.45) is -6.85. The van der Waals surface area contributed by atoms with Crippen LogP contribution in [-0.4, -0.2) is 85.5 Å². The largest absolute Gasteiger partial charge is 1.00 e. The van der Waals surface area contributed by atoms with Gasteiger partial charge in [-0.3, -0.25) is 23.1 Å². The van der Waals surface area contributed by atoms with E-state index in [4.69, 9.17) is 30.0 Å². The zero-order chi connectivity index (χ0) is 33.9. The number of carbonyl (C=O) groups excluding carboxylic acids is 1. The average Bonchev–Trinajstić information content (AvgIpc) is 3.72. The van der Waals surface area contributed by atoms with Crippen LogP contribution in [0.4, 0.5) is 5.82 Å². The van der Waals surface area contributed by atoms with Gasteiger partial charge in [-0.1, -0.05) is 0 Å². The number of phosphoric acid groups is 3. The number of phosphoric ester groups is 3. The summed E-state index contributed by atoms with van der Waals surface area (Å²) in [6, 6.07) is 2.79. The summed E-state index contributed by atoms with van der Waals surface area (Å²) < 4.78 is 73.8. The van der Waals surface area contributed by atoms with E-state index in [-0.39, 0.29) is 81.7 Å². The minimum atomic E-state index is -5.76. The van der Waals surface area contributed by atoms with E-state index in [1.165, 1.54) is 40.0 Å². The van der Waals surface area contributed by atoms with Crippen LogP contribution in [0.1, 0.15) is 22.8 Å². The van der Waals surface area contributed by atoms with Crippen LogP contribution in [0.15, 0.2) is 37.2 Å². The molecule has 3 aromatic heterocycles. The van der Waals surface area contributed by atoms with Crippen LogP contribution >= 0.6 is 23.5 Å². The molecule has 0 aromatic carbocycles. The smallest absolute Gasteiger partial charge is 0.756 e. The van der Waals surface area contributed by atoms with Crippen molar-refractivity contribution in [3.63, 3.8) is 0 Å². The summed E-state index contributed by atoms with van der Waals surface area (Å²) >= 11 is 0. The molecule has 3 fully saturated rings. The Kier molecular flexibility index (Phi) is 13.1. The number of imidazole rings is 1. The third-order valence-corrected chi connectivity index (χ3v) is 10.7. The van der Waals surface area contributed by atoms with Gasteiger partial charge in [-0.25, -0.2) is 19.3 Å². The molecule has 6 rings (SSSR count). The van der Waals surface area contributed by atoms with Gasteiger partial charge in [0, 0.05) is 6.07 Å². The van der Waals surface area contributed by atoms with Crippen LogP contribution < -0.4 is 89.8 Å². The van der Waals surface area contributed by atoms with Crippen LogP contribution in [0.5, 0.6) is 0 Å². The minimum Gasteiger partial charge on any atom is -0.756 e. The van der Waals surface area contributed by atoms with Gasteiger partial charge < -0.3 is 63.9 Å². The molecule has 3 saturated heterocycles. The first-order valence-electron chi connectivity index (χ1n) is 13.3. The SMILES string of the molecule is NC(=O)c1ccc[n+]([C@@H]2O[C@H](COP(=O)([O-])OP(=O)([O-])OC[C@H]3O[C@@H](n4cnc5c(N)ncnc54)[C@@H]4OP(=O)([O-])O[C@@H]43)[C@@H](O)[C@H]2O)c1.[Na+].[Na+]. The molecular formula is C21H24N7Na2O16P3. The number of pyridine rings is 1. The number of nitrogens with two attached hydrogens (primary N) is 2. The fourth-order valence-electron chi connectivity index (χ4n) is 5.09. The number of ether oxygens (including phenoxy) is 2. The summed E-state index contributed by atoms with van der Waals surface area (Å²) in [5.41, 5.74) is 11.3. The normalized spacial score (nSPS) is 33.2. The molecule has 49 heavy (non-hydrogen) atoms. The zero-order valence-electron chi connectivity index (χ0n) is 25.3. The van der Waals surface area contributed by atoms with Crippen molar-refractivity contribution in [2.75, 3.05) is 18.9 Å². The second-order valence-corrected chi connectivity index (χ2v) is 14.5. The Hall–Kier alpha value is -0.820. The first kappa shape index (κ1) is 40.9. The number of hydrogen-bond donors (Lipinski definition) is 4. The first-order chi connectivity index (χ1) is 22.0. The molecule has 6 N–H and O–H groups in total. The minimum absolute atomic E-state index is 0. The molecule has 3 unspecified atom stereocenters. The molecule has 23 nitrogen and oxygen atoms in total. The summed E-state index contributed by atoms with van der Waals surface area (Å²) in [7, 11) is -16.4. The van der Waals surface area contributed by atoms with E-state index in [2.05, 4.69) is 28.3 Å². The van der Waals surface area contributed by atoms with E-state index in [0.29, 0.717) is 0 Å². The van der Waals surface area contributed by atoms with E-state index < -0.39 is 91.7 Å². The molecule has 28 heteroatoms. The van der Waals surface area contributed by atoms with E-state index in [1.54, 1.807) is 0 Å². The Morgan fingerprint density at radius 2 is 1.69 bits per heavy atom. The fraction of sp³-hybridized carbons (Fsp3) is 0.476. The zero-order valence-corrected chi connectivity index (χ0v) is 32.0. The molecule has 0 aliphatic carbocycles. The van der Waals surface area contributed by atoms with Crippen LogP contribution in [0.2, 0.25) is 0 Å². The van der Waals surface area contributed by atoms with Gasteiger partial charge in [-0.15, -0.1) is 0 Å². The Morgan fingerprint density at radius 1 is 1.04 bits per heavy atom. The number of aromatic nitrogens is 5. The molecular weight excluding hydrogens is 745 g/mol. The maximum absolute atomic E-state index is 12.5. The third kappa shape index (κ3) is 8.87. The molecule has 1 amide bonds. The Labute approximate surface area is 319 Å². The molecule has 3 aliphatic heterocycles. The van der Waals surface area contributed by atoms with Crippen molar-refractivity contribution in [1.82, 2.24) is 19.5 Å². The number of carbonyl (C=O) groups is 1. The number of rotatable bonds is 11. The van der Waals surface area contributed by atoms with E-state index in [1.807, 2.05) is 0 Å². The summed E-state index contributed by atoms with van der Waals surface area (Å²) in [6.45, 7) is -2.02. The Morgan fingerprint density at radius 3 is 2.37 bits per heavy atom. The maximum Gasteiger partial charge on any atom is 1.00 e. The van der Waals surface area contributed by atoms with Crippen molar-refractivity contribution in [2.45, 2.75) is 49.1 Å².